The molecule has 0 aliphatic carbocycles. The fraction of sp³-hybridized carbons (Fsp3) is 0.148. The first-order valence-corrected chi connectivity index (χ1v) is 14.6. The van der Waals surface area contributed by atoms with Gasteiger partial charge in [0.25, 0.3) is 0 Å². The number of sulfonamides is 2. The summed E-state index contributed by atoms with van der Waals surface area (Å²) < 4.78 is 57.3. The Hall–Kier alpha value is -3.77. The first-order chi connectivity index (χ1) is 18.0. The van der Waals surface area contributed by atoms with Crippen molar-refractivity contribution in [1.29, 1.82) is 0 Å². The van der Waals surface area contributed by atoms with Gasteiger partial charge in [-0.3, -0.25) is 0 Å². The number of primary sulfonamides is 1. The molecule has 0 saturated carbocycles. The van der Waals surface area contributed by atoms with E-state index in [1.54, 1.807) is 54.6 Å². The molecule has 0 aliphatic rings. The van der Waals surface area contributed by atoms with Gasteiger partial charge in [0, 0.05) is 13.1 Å². The van der Waals surface area contributed by atoms with Crippen molar-refractivity contribution in [2.75, 3.05) is 13.2 Å². The van der Waals surface area contributed by atoms with Crippen molar-refractivity contribution in [1.82, 2.24) is 4.31 Å². The predicted molar refractivity (Wildman–Crippen MR) is 143 cm³/mol. The largest absolute Gasteiger partial charge is 0.482 e. The average molecular weight is 555 g/mol. The van der Waals surface area contributed by atoms with Gasteiger partial charge in [0.1, 0.15) is 5.75 Å². The van der Waals surface area contributed by atoms with Crippen molar-refractivity contribution in [3.8, 4) is 5.75 Å². The molecule has 11 heteroatoms. The van der Waals surface area contributed by atoms with Crippen molar-refractivity contribution >= 4 is 36.8 Å². The van der Waals surface area contributed by atoms with E-state index in [-0.39, 0.29) is 22.9 Å². The minimum absolute atomic E-state index is 0.00863. The average Bonchev–Trinajstić information content (AvgIpc) is 2.89. The Morgan fingerprint density at radius 2 is 1.47 bits per heavy atom. The molecule has 38 heavy (non-hydrogen) atoms. The second-order valence-corrected chi connectivity index (χ2v) is 12.1. The third-order valence-corrected chi connectivity index (χ3v) is 8.65. The molecule has 0 bridgehead atoms. The van der Waals surface area contributed by atoms with Crippen LogP contribution in [0, 0.1) is 0 Å². The van der Waals surface area contributed by atoms with Crippen molar-refractivity contribution in [2.24, 2.45) is 5.14 Å². The Morgan fingerprint density at radius 3 is 2.16 bits per heavy atom. The number of hydrogen-bond donors (Lipinski definition) is 2. The third kappa shape index (κ3) is 6.75. The number of carbonyl (C=O) groups is 1. The van der Waals surface area contributed by atoms with Gasteiger partial charge in [-0.15, -0.1) is 0 Å². The molecular weight excluding hydrogens is 528 g/mol. The van der Waals surface area contributed by atoms with Crippen LogP contribution in [0.25, 0.3) is 10.8 Å². The quantitative estimate of drug-likeness (QED) is 0.289. The van der Waals surface area contributed by atoms with Crippen molar-refractivity contribution in [2.45, 2.75) is 22.8 Å². The summed E-state index contributed by atoms with van der Waals surface area (Å²) in [6.07, 6.45) is 0.312. The fourth-order valence-corrected chi connectivity index (χ4v) is 5.92. The van der Waals surface area contributed by atoms with Crippen LogP contribution in [0.2, 0.25) is 0 Å². The van der Waals surface area contributed by atoms with Crippen LogP contribution in [0.3, 0.4) is 0 Å². The minimum atomic E-state index is -3.95. The van der Waals surface area contributed by atoms with Crippen LogP contribution >= 0.6 is 0 Å². The number of benzene rings is 4. The molecule has 4 aromatic rings. The molecule has 0 atom stereocenters. The maximum atomic E-state index is 13.8. The van der Waals surface area contributed by atoms with E-state index in [1.165, 1.54) is 16.4 Å². The molecule has 9 nitrogen and oxygen atoms in total. The minimum Gasteiger partial charge on any atom is -0.482 e. The Balaban J connectivity index is 1.64. The SMILES string of the molecule is NS(=O)(=O)c1ccc(CCN(Cc2cccc(OCC(=O)O)c2)S(=O)(=O)c2ccc3ccccc3c2)cc1. The van der Waals surface area contributed by atoms with E-state index in [0.29, 0.717) is 17.7 Å². The molecule has 0 spiro atoms. The molecule has 0 unspecified atom stereocenters. The Labute approximate surface area is 221 Å². The Morgan fingerprint density at radius 1 is 0.789 bits per heavy atom. The van der Waals surface area contributed by atoms with Crippen molar-refractivity contribution in [3.05, 3.63) is 102 Å². The van der Waals surface area contributed by atoms with Gasteiger partial charge in [-0.1, -0.05) is 54.6 Å². The summed E-state index contributed by atoms with van der Waals surface area (Å²) in [4.78, 5) is 11.0. The number of hydrogen-bond acceptors (Lipinski definition) is 6. The van der Waals surface area contributed by atoms with Gasteiger partial charge < -0.3 is 9.84 Å². The zero-order chi connectivity index (χ0) is 27.3. The zero-order valence-electron chi connectivity index (χ0n) is 20.2. The zero-order valence-corrected chi connectivity index (χ0v) is 21.9. The molecule has 0 aliphatic heterocycles. The summed E-state index contributed by atoms with van der Waals surface area (Å²) in [5, 5.41) is 15.8. The van der Waals surface area contributed by atoms with Gasteiger partial charge in [0.05, 0.1) is 9.79 Å². The topological polar surface area (TPSA) is 144 Å². The van der Waals surface area contributed by atoms with Gasteiger partial charge in [0.2, 0.25) is 20.0 Å². The summed E-state index contributed by atoms with van der Waals surface area (Å²) in [6.45, 7) is -0.407. The van der Waals surface area contributed by atoms with E-state index in [4.69, 9.17) is 15.0 Å². The summed E-state index contributed by atoms with van der Waals surface area (Å²) in [5.41, 5.74) is 1.34. The smallest absolute Gasteiger partial charge is 0.341 e. The second kappa shape index (κ2) is 11.3. The molecule has 0 radical (unpaired) electrons. The molecule has 0 heterocycles. The number of carboxylic acid groups (broad SMARTS) is 1. The lowest BCUT2D eigenvalue weighted by molar-refractivity contribution is -0.139. The van der Waals surface area contributed by atoms with E-state index >= 15 is 0 Å². The number of fused-ring (bicyclic) bond motifs is 1. The van der Waals surface area contributed by atoms with Crippen LogP contribution < -0.4 is 9.88 Å². The lowest BCUT2D eigenvalue weighted by atomic mass is 10.1. The molecule has 0 saturated heterocycles. The van der Waals surface area contributed by atoms with Crippen LogP contribution in [0.1, 0.15) is 11.1 Å². The van der Waals surface area contributed by atoms with Gasteiger partial charge in [-0.25, -0.2) is 26.8 Å². The van der Waals surface area contributed by atoms with Crippen LogP contribution in [-0.4, -0.2) is 45.4 Å². The van der Waals surface area contributed by atoms with Crippen LogP contribution in [0.15, 0.2) is 101 Å². The van der Waals surface area contributed by atoms with Crippen LogP contribution in [0.5, 0.6) is 5.75 Å². The van der Waals surface area contributed by atoms with E-state index in [1.807, 2.05) is 24.3 Å². The van der Waals surface area contributed by atoms with Gasteiger partial charge >= 0.3 is 5.97 Å². The molecule has 0 aromatic heterocycles. The molecule has 4 aromatic carbocycles. The summed E-state index contributed by atoms with van der Waals surface area (Å²) in [6, 6.07) is 25.0. The number of rotatable bonds is 11. The molecule has 0 amide bonds. The number of ether oxygens (including phenoxy) is 1. The maximum Gasteiger partial charge on any atom is 0.341 e. The summed E-state index contributed by atoms with van der Waals surface area (Å²) >= 11 is 0. The first-order valence-electron chi connectivity index (χ1n) is 11.6. The molecule has 198 valence electrons. The van der Waals surface area contributed by atoms with Gasteiger partial charge in [-0.05, 0) is 64.7 Å². The third-order valence-electron chi connectivity index (χ3n) is 5.88. The highest BCUT2D eigenvalue weighted by atomic mass is 32.2. The van der Waals surface area contributed by atoms with Gasteiger partial charge in [0.15, 0.2) is 6.61 Å². The lowest BCUT2D eigenvalue weighted by Crippen LogP contribution is -2.32. The normalized spacial score (nSPS) is 12.1. The lowest BCUT2D eigenvalue weighted by Gasteiger charge is -2.23. The number of carboxylic acids is 1. The Kier molecular flexibility index (Phi) is 8.12. The maximum absolute atomic E-state index is 13.8. The summed E-state index contributed by atoms with van der Waals surface area (Å²) in [7, 11) is -7.79. The highest BCUT2D eigenvalue weighted by Crippen LogP contribution is 2.25. The molecule has 0 fully saturated rings. The van der Waals surface area contributed by atoms with Crippen LogP contribution in [-0.2, 0) is 37.8 Å². The van der Waals surface area contributed by atoms with Crippen LogP contribution in [0.4, 0.5) is 0 Å². The highest BCUT2D eigenvalue weighted by molar-refractivity contribution is 7.89. The van der Waals surface area contributed by atoms with Crippen molar-refractivity contribution < 1.29 is 31.5 Å². The summed E-state index contributed by atoms with van der Waals surface area (Å²) in [5.74, 6) is -0.809. The van der Waals surface area contributed by atoms with E-state index in [9.17, 15) is 21.6 Å². The van der Waals surface area contributed by atoms with E-state index in [0.717, 1.165) is 16.3 Å². The standard InChI is InChI=1S/C27H26N2O7S2/c28-37(32,33)25-11-8-20(9-12-25)14-15-29(18-21-4-3-7-24(16-21)36-19-27(30)31)38(34,35)26-13-10-22-5-1-2-6-23(22)17-26/h1-13,16-17H,14-15,18-19H2,(H,30,31)(H2,28,32,33). The number of nitrogens with two attached hydrogens (primary N) is 1. The first kappa shape index (κ1) is 27.3. The monoisotopic (exact) mass is 554 g/mol. The number of aliphatic carboxylic acids is 1. The fourth-order valence-electron chi connectivity index (χ4n) is 3.94. The van der Waals surface area contributed by atoms with E-state index < -0.39 is 32.6 Å². The van der Waals surface area contributed by atoms with E-state index in [2.05, 4.69) is 0 Å². The highest BCUT2D eigenvalue weighted by Gasteiger charge is 2.25. The van der Waals surface area contributed by atoms with Crippen molar-refractivity contribution in [3.63, 3.8) is 0 Å². The second-order valence-electron chi connectivity index (χ2n) is 8.62. The molecule has 3 N–H and O–H groups in total. The van der Waals surface area contributed by atoms with Gasteiger partial charge in [-0.2, -0.15) is 4.31 Å². The Bertz CT molecular complexity index is 1670. The molecule has 4 rings (SSSR count). The molecular formula is C27H26N2O7S2. The number of nitrogens with zero attached hydrogens (tertiary/aromatic N) is 1. The predicted octanol–water partition coefficient (Wildman–Crippen LogP) is 3.38.